The molecule has 0 saturated heterocycles. The van der Waals surface area contributed by atoms with Crippen molar-refractivity contribution in [2.24, 2.45) is 17.6 Å². The molecule has 1 aliphatic carbocycles. The smallest absolute Gasteiger partial charge is 0.148 e. The zero-order valence-electron chi connectivity index (χ0n) is 8.40. The molecule has 0 heterocycles. The van der Waals surface area contributed by atoms with E-state index >= 15 is 0 Å². The molecule has 0 aliphatic heterocycles. The van der Waals surface area contributed by atoms with Crippen molar-refractivity contribution in [1.29, 1.82) is 0 Å². The molecule has 82 valence electrons. The third-order valence-electron chi connectivity index (χ3n) is 2.82. The predicted octanol–water partition coefficient (Wildman–Crippen LogP) is 1.12. The van der Waals surface area contributed by atoms with E-state index in [-0.39, 0.29) is 11.7 Å². The molecule has 0 aromatic carbocycles. The average molecular weight is 235 g/mol. The highest BCUT2D eigenvalue weighted by molar-refractivity contribution is 7.90. The van der Waals surface area contributed by atoms with Gasteiger partial charge in [-0.05, 0) is 18.8 Å². The van der Waals surface area contributed by atoms with Crippen LogP contribution >= 0.6 is 12.2 Å². The van der Waals surface area contributed by atoms with Crippen LogP contribution in [0.4, 0.5) is 0 Å². The van der Waals surface area contributed by atoms with E-state index < -0.39 is 9.84 Å². The van der Waals surface area contributed by atoms with Gasteiger partial charge in [-0.2, -0.15) is 0 Å². The van der Waals surface area contributed by atoms with Crippen LogP contribution in [0.25, 0.3) is 0 Å². The monoisotopic (exact) mass is 235 g/mol. The minimum absolute atomic E-state index is 0.109. The summed E-state index contributed by atoms with van der Waals surface area (Å²) in [6, 6.07) is 0. The molecule has 0 aromatic rings. The first-order valence-corrected chi connectivity index (χ1v) is 7.34. The summed E-state index contributed by atoms with van der Waals surface area (Å²) in [5.41, 5.74) is 5.59. The van der Waals surface area contributed by atoms with Gasteiger partial charge in [-0.25, -0.2) is 8.42 Å². The van der Waals surface area contributed by atoms with Gasteiger partial charge in [0.05, 0.1) is 10.7 Å². The molecule has 3 nitrogen and oxygen atoms in total. The lowest BCUT2D eigenvalue weighted by Crippen LogP contribution is -2.33. The molecular weight excluding hydrogens is 218 g/mol. The maximum atomic E-state index is 11.2. The fourth-order valence-electron chi connectivity index (χ4n) is 2.14. The Morgan fingerprint density at radius 3 is 2.36 bits per heavy atom. The van der Waals surface area contributed by atoms with Gasteiger partial charge >= 0.3 is 0 Å². The number of hydrogen-bond acceptors (Lipinski definition) is 3. The Balaban J connectivity index is 2.69. The first-order chi connectivity index (χ1) is 6.40. The largest absolute Gasteiger partial charge is 0.393 e. The third-order valence-corrected chi connectivity index (χ3v) is 4.08. The molecule has 5 heteroatoms. The minimum atomic E-state index is -2.97. The van der Waals surface area contributed by atoms with Gasteiger partial charge in [0.25, 0.3) is 0 Å². The fraction of sp³-hybridized carbons (Fsp3) is 0.889. The van der Waals surface area contributed by atoms with E-state index in [4.69, 9.17) is 18.0 Å². The molecule has 1 unspecified atom stereocenters. The van der Waals surface area contributed by atoms with Crippen LogP contribution in [0.15, 0.2) is 0 Å². The second-order valence-electron chi connectivity index (χ2n) is 4.15. The van der Waals surface area contributed by atoms with Gasteiger partial charge in [0.1, 0.15) is 9.84 Å². The van der Waals surface area contributed by atoms with Gasteiger partial charge in [-0.1, -0.05) is 25.1 Å². The highest BCUT2D eigenvalue weighted by Crippen LogP contribution is 2.32. The summed E-state index contributed by atoms with van der Waals surface area (Å²) >= 11 is 4.93. The highest BCUT2D eigenvalue weighted by atomic mass is 32.2. The molecule has 1 fully saturated rings. The quantitative estimate of drug-likeness (QED) is 0.742. The normalized spacial score (nSPS) is 20.9. The Labute approximate surface area is 91.0 Å². The lowest BCUT2D eigenvalue weighted by Gasteiger charge is -2.20. The summed E-state index contributed by atoms with van der Waals surface area (Å²) in [4.78, 5) is 0.363. The van der Waals surface area contributed by atoms with Crippen molar-refractivity contribution in [1.82, 2.24) is 0 Å². The van der Waals surface area contributed by atoms with Crippen molar-refractivity contribution >= 4 is 27.0 Å². The molecule has 1 atom stereocenters. The molecule has 0 aromatic heterocycles. The summed E-state index contributed by atoms with van der Waals surface area (Å²) in [5, 5.41) is 0. The first kappa shape index (κ1) is 11.9. The van der Waals surface area contributed by atoms with Crippen LogP contribution in [-0.2, 0) is 9.84 Å². The summed E-state index contributed by atoms with van der Waals surface area (Å²) in [7, 11) is -2.97. The SMILES string of the molecule is CS(=O)(=O)CC(C(N)=S)C1CCCC1. The Hall–Kier alpha value is -0.160. The Morgan fingerprint density at radius 2 is 2.00 bits per heavy atom. The number of hydrogen-bond donors (Lipinski definition) is 1. The summed E-state index contributed by atoms with van der Waals surface area (Å²) in [5.74, 6) is 0.400. The average Bonchev–Trinajstić information content (AvgIpc) is 2.49. The molecule has 0 bridgehead atoms. The van der Waals surface area contributed by atoms with E-state index in [1.165, 1.54) is 19.1 Å². The second-order valence-corrected chi connectivity index (χ2v) is 6.80. The number of sulfone groups is 1. The van der Waals surface area contributed by atoms with Crippen LogP contribution in [0.5, 0.6) is 0 Å². The number of nitrogens with two attached hydrogens (primary N) is 1. The van der Waals surface area contributed by atoms with Crippen molar-refractivity contribution in [3.63, 3.8) is 0 Å². The molecular formula is C9H17NO2S2. The molecule has 0 spiro atoms. The van der Waals surface area contributed by atoms with E-state index in [9.17, 15) is 8.42 Å². The third kappa shape index (κ3) is 3.53. The van der Waals surface area contributed by atoms with Gasteiger partial charge in [0, 0.05) is 12.2 Å². The van der Waals surface area contributed by atoms with Crippen molar-refractivity contribution < 1.29 is 8.42 Å². The Kier molecular flexibility index (Phi) is 3.89. The topological polar surface area (TPSA) is 60.2 Å². The Morgan fingerprint density at radius 1 is 1.50 bits per heavy atom. The molecule has 1 rings (SSSR count). The predicted molar refractivity (Wildman–Crippen MR) is 61.9 cm³/mol. The van der Waals surface area contributed by atoms with Crippen molar-refractivity contribution in [2.45, 2.75) is 25.7 Å². The van der Waals surface area contributed by atoms with Crippen LogP contribution in [0, 0.1) is 11.8 Å². The molecule has 1 saturated carbocycles. The maximum Gasteiger partial charge on any atom is 0.148 e. The molecule has 14 heavy (non-hydrogen) atoms. The van der Waals surface area contributed by atoms with Crippen LogP contribution in [0.2, 0.25) is 0 Å². The lowest BCUT2D eigenvalue weighted by atomic mass is 9.92. The van der Waals surface area contributed by atoms with E-state index in [2.05, 4.69) is 0 Å². The van der Waals surface area contributed by atoms with E-state index in [0.29, 0.717) is 10.9 Å². The lowest BCUT2D eigenvalue weighted by molar-refractivity contribution is 0.455. The van der Waals surface area contributed by atoms with Gasteiger partial charge in [-0.15, -0.1) is 0 Å². The zero-order valence-corrected chi connectivity index (χ0v) is 10.0. The van der Waals surface area contributed by atoms with Crippen molar-refractivity contribution in [2.75, 3.05) is 12.0 Å². The van der Waals surface area contributed by atoms with Gasteiger partial charge < -0.3 is 5.73 Å². The van der Waals surface area contributed by atoms with E-state index in [0.717, 1.165) is 12.8 Å². The second kappa shape index (κ2) is 4.57. The first-order valence-electron chi connectivity index (χ1n) is 4.87. The summed E-state index contributed by atoms with van der Waals surface area (Å²) in [6.45, 7) is 0. The molecule has 0 radical (unpaired) electrons. The molecule has 0 amide bonds. The van der Waals surface area contributed by atoms with Crippen LogP contribution in [0.1, 0.15) is 25.7 Å². The zero-order chi connectivity index (χ0) is 10.8. The van der Waals surface area contributed by atoms with E-state index in [1.54, 1.807) is 0 Å². The van der Waals surface area contributed by atoms with Gasteiger partial charge in [0.2, 0.25) is 0 Å². The summed E-state index contributed by atoms with van der Waals surface area (Å²) in [6.07, 6.45) is 5.73. The fourth-order valence-corrected chi connectivity index (χ4v) is 3.62. The maximum absolute atomic E-state index is 11.2. The van der Waals surface area contributed by atoms with Crippen molar-refractivity contribution in [3.05, 3.63) is 0 Å². The van der Waals surface area contributed by atoms with Crippen molar-refractivity contribution in [3.8, 4) is 0 Å². The van der Waals surface area contributed by atoms with Crippen LogP contribution < -0.4 is 5.73 Å². The van der Waals surface area contributed by atoms with Crippen LogP contribution in [0.3, 0.4) is 0 Å². The number of thiocarbonyl (C=S) groups is 1. The molecule has 1 aliphatic rings. The highest BCUT2D eigenvalue weighted by Gasteiger charge is 2.29. The van der Waals surface area contributed by atoms with Gasteiger partial charge in [-0.3, -0.25) is 0 Å². The standard InChI is InChI=1S/C9H17NO2S2/c1-14(11,12)6-8(9(10)13)7-4-2-3-5-7/h7-8H,2-6H2,1H3,(H2,10,13). The Bertz CT molecular complexity index is 305. The molecule has 2 N–H and O–H groups in total. The number of rotatable bonds is 4. The minimum Gasteiger partial charge on any atom is -0.393 e. The van der Waals surface area contributed by atoms with Gasteiger partial charge in [0.15, 0.2) is 0 Å². The summed E-state index contributed by atoms with van der Waals surface area (Å²) < 4.78 is 22.4. The van der Waals surface area contributed by atoms with Crippen LogP contribution in [-0.4, -0.2) is 25.4 Å². The van der Waals surface area contributed by atoms with E-state index in [1.807, 2.05) is 0 Å².